The summed E-state index contributed by atoms with van der Waals surface area (Å²) in [5, 5.41) is 84.4. The molecule has 4 aliphatic carbocycles. The van der Waals surface area contributed by atoms with Crippen LogP contribution in [0.3, 0.4) is 0 Å². The Kier molecular flexibility index (Phi) is 10.1. The average Bonchev–Trinajstić information content (AvgIpc) is 3.23. The minimum atomic E-state index is -1.49. The van der Waals surface area contributed by atoms with Gasteiger partial charge in [0, 0.05) is 0 Å². The number of hydrogen-bond acceptors (Lipinski definition) is 10. The smallest absolute Gasteiger partial charge is 0.186 e. The summed E-state index contributed by atoms with van der Waals surface area (Å²) in [5.41, 5.74) is 0.873. The molecule has 1 heterocycles. The van der Waals surface area contributed by atoms with Gasteiger partial charge in [-0.05, 0) is 97.7 Å². The van der Waals surface area contributed by atoms with Crippen LogP contribution in [0.2, 0.25) is 0 Å². The van der Waals surface area contributed by atoms with Crippen molar-refractivity contribution >= 4 is 0 Å². The molecule has 17 unspecified atom stereocenters. The standard InChI is InChI=1S/C33H56O10/c1-16(15-42-31-30(41)29(40)28(39)25(14-34)43-31)5-8-22(36)17(2)26-23(37)12-21-20-7-6-18-11-19(35)9-10-32(18,3)27(20)24(38)13-33(21,26)4/h6,16-17,19-31,34-41H,5,7-15H2,1-4H3. The third-order valence-corrected chi connectivity index (χ3v) is 12.6. The van der Waals surface area contributed by atoms with E-state index in [1.807, 2.05) is 13.8 Å². The number of hydrogen-bond donors (Lipinski definition) is 8. The van der Waals surface area contributed by atoms with E-state index in [1.54, 1.807) is 0 Å². The summed E-state index contributed by atoms with van der Waals surface area (Å²) in [4.78, 5) is 0. The van der Waals surface area contributed by atoms with Crippen molar-refractivity contribution in [3.05, 3.63) is 11.6 Å². The lowest BCUT2D eigenvalue weighted by Gasteiger charge is -2.60. The fourth-order valence-corrected chi connectivity index (χ4v) is 10.3. The first-order valence-corrected chi connectivity index (χ1v) is 16.6. The van der Waals surface area contributed by atoms with Gasteiger partial charge in [-0.25, -0.2) is 0 Å². The Morgan fingerprint density at radius 2 is 1.72 bits per heavy atom. The number of aliphatic hydroxyl groups is 8. The Bertz CT molecular complexity index is 991. The molecule has 0 aromatic carbocycles. The second-order valence-electron chi connectivity index (χ2n) is 15.3. The van der Waals surface area contributed by atoms with Crippen molar-refractivity contribution in [3.63, 3.8) is 0 Å². The number of ether oxygens (including phenoxy) is 2. The Hall–Kier alpha value is -0.660. The van der Waals surface area contributed by atoms with E-state index < -0.39 is 55.6 Å². The Labute approximate surface area is 255 Å². The second-order valence-corrected chi connectivity index (χ2v) is 15.3. The zero-order valence-electron chi connectivity index (χ0n) is 26.2. The van der Waals surface area contributed by atoms with Gasteiger partial charge in [-0.2, -0.15) is 0 Å². The van der Waals surface area contributed by atoms with Gasteiger partial charge < -0.3 is 50.3 Å². The molecule has 8 N–H and O–H groups in total. The molecule has 5 aliphatic rings. The monoisotopic (exact) mass is 612 g/mol. The second kappa shape index (κ2) is 12.9. The lowest BCUT2D eigenvalue weighted by Crippen LogP contribution is -2.59. The van der Waals surface area contributed by atoms with E-state index in [0.29, 0.717) is 32.1 Å². The van der Waals surface area contributed by atoms with Crippen molar-refractivity contribution in [2.24, 2.45) is 46.3 Å². The first-order valence-electron chi connectivity index (χ1n) is 16.6. The quantitative estimate of drug-likeness (QED) is 0.176. The van der Waals surface area contributed by atoms with Crippen LogP contribution in [0.5, 0.6) is 0 Å². The van der Waals surface area contributed by atoms with E-state index in [9.17, 15) is 40.9 Å². The Morgan fingerprint density at radius 3 is 2.42 bits per heavy atom. The molecule has 0 amide bonds. The normalized spacial score (nSPS) is 50.2. The van der Waals surface area contributed by atoms with Crippen LogP contribution in [-0.4, -0.2) is 109 Å². The molecule has 0 radical (unpaired) electrons. The summed E-state index contributed by atoms with van der Waals surface area (Å²) in [5.74, 6) is 0.303. The molecule has 248 valence electrons. The van der Waals surface area contributed by atoms with Crippen molar-refractivity contribution in [3.8, 4) is 0 Å². The van der Waals surface area contributed by atoms with Crippen LogP contribution in [0.25, 0.3) is 0 Å². The molecule has 0 aromatic rings. The number of allylic oxidation sites excluding steroid dienone is 1. The minimum Gasteiger partial charge on any atom is -0.394 e. The molecule has 17 atom stereocenters. The van der Waals surface area contributed by atoms with Crippen LogP contribution in [-0.2, 0) is 9.47 Å². The number of rotatable bonds is 9. The SMILES string of the molecule is CC(CCC(O)C(C)C1C(O)CC2C3CC=C4CC(O)CCC4(C)C3C(O)CC21C)COC1OC(CO)C(O)C(O)C1O. The summed E-state index contributed by atoms with van der Waals surface area (Å²) in [6.07, 6.45) is -0.691. The minimum absolute atomic E-state index is 0.0127. The lowest BCUT2D eigenvalue weighted by molar-refractivity contribution is -0.303. The first-order chi connectivity index (χ1) is 20.2. The molecule has 4 fully saturated rings. The van der Waals surface area contributed by atoms with Gasteiger partial charge >= 0.3 is 0 Å². The van der Waals surface area contributed by atoms with E-state index in [2.05, 4.69) is 19.9 Å². The third-order valence-electron chi connectivity index (χ3n) is 12.6. The fourth-order valence-electron chi connectivity index (χ4n) is 10.3. The van der Waals surface area contributed by atoms with Crippen molar-refractivity contribution in [2.45, 2.75) is 134 Å². The largest absolute Gasteiger partial charge is 0.394 e. The molecule has 1 aliphatic heterocycles. The van der Waals surface area contributed by atoms with Gasteiger partial charge in [-0.3, -0.25) is 0 Å². The average molecular weight is 613 g/mol. The topological polar surface area (TPSA) is 180 Å². The van der Waals surface area contributed by atoms with Gasteiger partial charge in [0.15, 0.2) is 6.29 Å². The third kappa shape index (κ3) is 5.99. The summed E-state index contributed by atoms with van der Waals surface area (Å²) in [7, 11) is 0. The van der Waals surface area contributed by atoms with E-state index in [4.69, 9.17) is 9.47 Å². The summed E-state index contributed by atoms with van der Waals surface area (Å²) < 4.78 is 11.1. The maximum atomic E-state index is 11.7. The van der Waals surface area contributed by atoms with Crippen LogP contribution in [0, 0.1) is 46.3 Å². The van der Waals surface area contributed by atoms with Crippen molar-refractivity contribution < 1.29 is 50.3 Å². The van der Waals surface area contributed by atoms with E-state index in [0.717, 1.165) is 19.3 Å². The van der Waals surface area contributed by atoms with Crippen molar-refractivity contribution in [2.75, 3.05) is 13.2 Å². The van der Waals surface area contributed by atoms with Crippen molar-refractivity contribution in [1.82, 2.24) is 0 Å². The van der Waals surface area contributed by atoms with Crippen LogP contribution in [0.1, 0.15) is 79.1 Å². The first kappa shape index (κ1) is 33.7. The van der Waals surface area contributed by atoms with E-state index in [1.165, 1.54) is 5.57 Å². The molecular formula is C33H56O10. The molecule has 5 rings (SSSR count). The predicted octanol–water partition coefficient (Wildman–Crippen LogP) is 1.10. The highest BCUT2D eigenvalue weighted by Crippen LogP contribution is 2.67. The predicted molar refractivity (Wildman–Crippen MR) is 157 cm³/mol. The van der Waals surface area contributed by atoms with Crippen LogP contribution in [0.15, 0.2) is 11.6 Å². The number of aliphatic hydroxyl groups excluding tert-OH is 8. The van der Waals surface area contributed by atoms with Gasteiger partial charge in [0.25, 0.3) is 0 Å². The maximum Gasteiger partial charge on any atom is 0.186 e. The van der Waals surface area contributed by atoms with E-state index in [-0.39, 0.29) is 59.0 Å². The molecule has 1 saturated heterocycles. The number of fused-ring (bicyclic) bond motifs is 5. The zero-order chi connectivity index (χ0) is 31.4. The van der Waals surface area contributed by atoms with Gasteiger partial charge in [0.2, 0.25) is 0 Å². The summed E-state index contributed by atoms with van der Waals surface area (Å²) in [6, 6.07) is 0. The molecule has 43 heavy (non-hydrogen) atoms. The van der Waals surface area contributed by atoms with Crippen LogP contribution in [0.4, 0.5) is 0 Å². The van der Waals surface area contributed by atoms with Crippen LogP contribution < -0.4 is 0 Å². The fraction of sp³-hybridized carbons (Fsp3) is 0.939. The molecular weight excluding hydrogens is 556 g/mol. The molecule has 3 saturated carbocycles. The molecule has 10 heteroatoms. The van der Waals surface area contributed by atoms with Gasteiger partial charge in [-0.15, -0.1) is 0 Å². The highest BCUT2D eigenvalue weighted by molar-refractivity contribution is 5.27. The summed E-state index contributed by atoms with van der Waals surface area (Å²) >= 11 is 0. The zero-order valence-corrected chi connectivity index (χ0v) is 26.2. The highest BCUT2D eigenvalue weighted by atomic mass is 16.7. The Balaban J connectivity index is 1.19. The molecule has 10 nitrogen and oxygen atoms in total. The lowest BCUT2D eigenvalue weighted by atomic mass is 9.46. The van der Waals surface area contributed by atoms with Crippen molar-refractivity contribution in [1.29, 1.82) is 0 Å². The van der Waals surface area contributed by atoms with Gasteiger partial charge in [-0.1, -0.05) is 39.3 Å². The highest BCUT2D eigenvalue weighted by Gasteiger charge is 2.64. The molecule has 0 bridgehead atoms. The maximum absolute atomic E-state index is 11.7. The molecule has 0 spiro atoms. The van der Waals surface area contributed by atoms with Crippen LogP contribution >= 0.6 is 0 Å². The van der Waals surface area contributed by atoms with Gasteiger partial charge in [0.05, 0.1) is 37.6 Å². The molecule has 0 aromatic heterocycles. The van der Waals surface area contributed by atoms with Gasteiger partial charge in [0.1, 0.15) is 24.4 Å². The Morgan fingerprint density at radius 1 is 1.00 bits per heavy atom. The summed E-state index contributed by atoms with van der Waals surface area (Å²) in [6.45, 7) is 8.13. The van der Waals surface area contributed by atoms with E-state index >= 15 is 0 Å².